The third kappa shape index (κ3) is 3.81. The maximum absolute atomic E-state index is 13.4. The van der Waals surface area contributed by atoms with E-state index in [1.165, 1.54) is 0 Å². The molecule has 0 spiro atoms. The van der Waals surface area contributed by atoms with E-state index in [0.29, 0.717) is 38.5 Å². The topological polar surface area (TPSA) is 72.2 Å². The molecule has 3 atom stereocenters. The quantitative estimate of drug-likeness (QED) is 0.542. The van der Waals surface area contributed by atoms with Gasteiger partial charge >= 0.3 is 5.97 Å². The Bertz CT molecular complexity index is 797. The Kier molecular flexibility index (Phi) is 6.29. The van der Waals surface area contributed by atoms with Crippen molar-refractivity contribution in [1.29, 1.82) is 0 Å². The van der Waals surface area contributed by atoms with Crippen LogP contribution in [0.1, 0.15) is 61.9 Å². The highest BCUT2D eigenvalue weighted by Crippen LogP contribution is 2.47. The number of allylic oxidation sites excluding steroid dienone is 1. The molecule has 3 heterocycles. The molecule has 1 aliphatic carbocycles. The number of hydrogen-bond acceptors (Lipinski definition) is 6. The van der Waals surface area contributed by atoms with E-state index in [2.05, 4.69) is 11.8 Å². The van der Waals surface area contributed by atoms with Crippen molar-refractivity contribution in [1.82, 2.24) is 9.80 Å². The van der Waals surface area contributed by atoms with Crippen LogP contribution in [0.5, 0.6) is 0 Å². The largest absolute Gasteiger partial charge is 0.465 e. The van der Waals surface area contributed by atoms with Gasteiger partial charge in [0.05, 0.1) is 31.3 Å². The van der Waals surface area contributed by atoms with Gasteiger partial charge in [0.25, 0.3) is 5.91 Å². The fourth-order valence-electron chi connectivity index (χ4n) is 5.15. The lowest BCUT2D eigenvalue weighted by Gasteiger charge is -2.37. The van der Waals surface area contributed by atoms with Crippen molar-refractivity contribution in [2.75, 3.05) is 39.5 Å². The lowest BCUT2D eigenvalue weighted by atomic mass is 9.79. The molecule has 164 valence electrons. The van der Waals surface area contributed by atoms with Crippen LogP contribution in [0, 0.1) is 5.41 Å². The fraction of sp³-hybridized carbons (Fsp3) is 0.652. The second-order valence-electron chi connectivity index (χ2n) is 8.44. The molecule has 0 N–H and O–H groups in total. The fourth-order valence-corrected chi connectivity index (χ4v) is 5.15. The summed E-state index contributed by atoms with van der Waals surface area (Å²) in [6, 6.07) is 3.59. The summed E-state index contributed by atoms with van der Waals surface area (Å²) in [7, 11) is 0. The van der Waals surface area contributed by atoms with Gasteiger partial charge in [-0.1, -0.05) is 18.6 Å². The van der Waals surface area contributed by atoms with Gasteiger partial charge in [-0.25, -0.2) is 0 Å². The van der Waals surface area contributed by atoms with Gasteiger partial charge in [0.2, 0.25) is 0 Å². The van der Waals surface area contributed by atoms with Gasteiger partial charge in [0.15, 0.2) is 5.76 Å². The summed E-state index contributed by atoms with van der Waals surface area (Å²) < 4.78 is 16.9. The molecule has 1 saturated carbocycles. The van der Waals surface area contributed by atoms with Crippen molar-refractivity contribution in [3.05, 3.63) is 35.8 Å². The van der Waals surface area contributed by atoms with Gasteiger partial charge in [-0.05, 0) is 45.2 Å². The van der Waals surface area contributed by atoms with Crippen molar-refractivity contribution in [3.8, 4) is 0 Å². The Morgan fingerprint density at radius 3 is 2.83 bits per heavy atom. The first-order valence-corrected chi connectivity index (χ1v) is 11.1. The lowest BCUT2D eigenvalue weighted by Crippen LogP contribution is -2.50. The van der Waals surface area contributed by atoms with Crippen LogP contribution >= 0.6 is 0 Å². The summed E-state index contributed by atoms with van der Waals surface area (Å²) in [5, 5.41) is 0. The molecule has 1 aromatic heterocycles. The number of carbonyl (C=O) groups is 2. The van der Waals surface area contributed by atoms with Crippen LogP contribution in [0.15, 0.2) is 28.7 Å². The third-order valence-corrected chi connectivity index (χ3v) is 6.85. The molecule has 7 nitrogen and oxygen atoms in total. The number of furan rings is 1. The number of carbonyl (C=O) groups excluding carboxylic acids is 2. The number of nitrogens with zero attached hydrogens (tertiary/aromatic N) is 2. The number of fused-ring (bicyclic) bond motifs is 1. The van der Waals surface area contributed by atoms with Gasteiger partial charge in [-0.2, -0.15) is 0 Å². The third-order valence-electron chi connectivity index (χ3n) is 6.85. The molecule has 2 aliphatic heterocycles. The molecule has 3 aliphatic rings. The molecular formula is C23H32N2O5. The second kappa shape index (κ2) is 8.94. The van der Waals surface area contributed by atoms with E-state index in [9.17, 15) is 9.59 Å². The van der Waals surface area contributed by atoms with Gasteiger partial charge < -0.3 is 18.8 Å². The van der Waals surface area contributed by atoms with Crippen LogP contribution in [0.3, 0.4) is 0 Å². The second-order valence-corrected chi connectivity index (χ2v) is 8.44. The van der Waals surface area contributed by atoms with Crippen LogP contribution in [0.4, 0.5) is 0 Å². The van der Waals surface area contributed by atoms with E-state index in [-0.39, 0.29) is 24.0 Å². The first-order valence-electron chi connectivity index (χ1n) is 11.1. The average Bonchev–Trinajstić information content (AvgIpc) is 3.38. The zero-order valence-corrected chi connectivity index (χ0v) is 18.0. The van der Waals surface area contributed by atoms with Gasteiger partial charge in [-0.3, -0.25) is 14.5 Å². The van der Waals surface area contributed by atoms with Gasteiger partial charge in [0, 0.05) is 25.7 Å². The average molecular weight is 417 g/mol. The van der Waals surface area contributed by atoms with Gasteiger partial charge in [0.1, 0.15) is 5.76 Å². The minimum Gasteiger partial charge on any atom is -0.465 e. The van der Waals surface area contributed by atoms with Crippen molar-refractivity contribution in [2.45, 2.75) is 51.6 Å². The van der Waals surface area contributed by atoms with E-state index in [1.54, 1.807) is 6.07 Å². The highest BCUT2D eigenvalue weighted by molar-refractivity contribution is 5.93. The first kappa shape index (κ1) is 21.1. The summed E-state index contributed by atoms with van der Waals surface area (Å²) in [6.45, 7) is 7.90. The molecule has 0 radical (unpaired) electrons. The molecule has 30 heavy (non-hydrogen) atoms. The lowest BCUT2D eigenvalue weighted by molar-refractivity contribution is -0.157. The Morgan fingerprint density at radius 2 is 2.07 bits per heavy atom. The molecule has 0 aromatic carbocycles. The predicted octanol–water partition coefficient (Wildman–Crippen LogP) is 3.18. The van der Waals surface area contributed by atoms with E-state index < -0.39 is 5.41 Å². The number of esters is 1. The summed E-state index contributed by atoms with van der Waals surface area (Å²) in [5.41, 5.74) is -0.644. The molecule has 1 aromatic rings. The van der Waals surface area contributed by atoms with Crippen molar-refractivity contribution in [2.24, 2.45) is 5.41 Å². The SMILES string of the molecule is CCOC(=O)[C@@]12CC=CCN(C(=O)c3ccc([C@H](C)N4CCOCC4)o3)[C@@H]1CCC2. The Labute approximate surface area is 178 Å². The van der Waals surface area contributed by atoms with Crippen LogP contribution in [-0.4, -0.2) is 67.2 Å². The Balaban J connectivity index is 1.54. The summed E-state index contributed by atoms with van der Waals surface area (Å²) in [6.07, 6.45) is 7.11. The number of amides is 1. The number of morpholine rings is 1. The molecule has 1 amide bonds. The maximum Gasteiger partial charge on any atom is 0.314 e. The van der Waals surface area contributed by atoms with Crippen molar-refractivity contribution in [3.63, 3.8) is 0 Å². The zero-order valence-electron chi connectivity index (χ0n) is 18.0. The molecule has 7 heteroatoms. The van der Waals surface area contributed by atoms with Crippen molar-refractivity contribution < 1.29 is 23.5 Å². The van der Waals surface area contributed by atoms with Crippen molar-refractivity contribution >= 4 is 11.9 Å². The molecular weight excluding hydrogens is 384 g/mol. The molecule has 2 fully saturated rings. The van der Waals surface area contributed by atoms with Crippen LogP contribution in [-0.2, 0) is 14.3 Å². The number of hydrogen-bond donors (Lipinski definition) is 0. The maximum atomic E-state index is 13.4. The molecule has 0 unspecified atom stereocenters. The summed E-state index contributed by atoms with van der Waals surface area (Å²) >= 11 is 0. The molecule has 0 bridgehead atoms. The first-order chi connectivity index (χ1) is 14.6. The summed E-state index contributed by atoms with van der Waals surface area (Å²) in [4.78, 5) is 30.5. The predicted molar refractivity (Wildman–Crippen MR) is 111 cm³/mol. The highest BCUT2D eigenvalue weighted by atomic mass is 16.5. The number of rotatable bonds is 5. The Morgan fingerprint density at radius 1 is 1.27 bits per heavy atom. The van der Waals surface area contributed by atoms with E-state index in [1.807, 2.05) is 30.0 Å². The van der Waals surface area contributed by atoms with Crippen LogP contribution in [0.2, 0.25) is 0 Å². The zero-order chi connectivity index (χ0) is 21.1. The molecule has 1 saturated heterocycles. The van der Waals surface area contributed by atoms with E-state index in [0.717, 1.165) is 38.1 Å². The smallest absolute Gasteiger partial charge is 0.314 e. The number of ether oxygens (including phenoxy) is 2. The van der Waals surface area contributed by atoms with E-state index >= 15 is 0 Å². The Hall–Kier alpha value is -2.12. The standard InChI is InChI=1S/C23H32N2O5/c1-3-29-22(27)23-10-4-5-12-25(20(23)7-6-11-23)21(26)19-9-8-18(30-19)17(2)24-13-15-28-16-14-24/h4-5,8-9,17,20H,3,6-7,10-16H2,1-2H3/t17-,20+,23+/m0/s1. The van der Waals surface area contributed by atoms with Crippen LogP contribution in [0.25, 0.3) is 0 Å². The van der Waals surface area contributed by atoms with Gasteiger partial charge in [-0.15, -0.1) is 0 Å². The van der Waals surface area contributed by atoms with E-state index in [4.69, 9.17) is 13.9 Å². The molecule has 4 rings (SSSR count). The minimum atomic E-state index is -0.644. The highest BCUT2D eigenvalue weighted by Gasteiger charge is 2.53. The van der Waals surface area contributed by atoms with Crippen LogP contribution < -0.4 is 0 Å². The normalized spacial score (nSPS) is 28.1. The summed E-state index contributed by atoms with van der Waals surface area (Å²) in [5.74, 6) is 0.791. The monoisotopic (exact) mass is 416 g/mol. The minimum absolute atomic E-state index is 0.0876.